The summed E-state index contributed by atoms with van der Waals surface area (Å²) in [6, 6.07) is 12.3. The van der Waals surface area contributed by atoms with Crippen molar-refractivity contribution in [2.24, 2.45) is 0 Å². The molecule has 0 radical (unpaired) electrons. The summed E-state index contributed by atoms with van der Waals surface area (Å²) in [7, 11) is -3.79. The van der Waals surface area contributed by atoms with Gasteiger partial charge >= 0.3 is 0 Å². The van der Waals surface area contributed by atoms with E-state index in [0.29, 0.717) is 11.3 Å². The number of amides is 2. The summed E-state index contributed by atoms with van der Waals surface area (Å²) >= 11 is 0. The van der Waals surface area contributed by atoms with Gasteiger partial charge in [-0.2, -0.15) is 4.72 Å². The van der Waals surface area contributed by atoms with Crippen molar-refractivity contribution in [2.45, 2.75) is 17.7 Å². The van der Waals surface area contributed by atoms with Crippen LogP contribution in [-0.4, -0.2) is 44.8 Å². The van der Waals surface area contributed by atoms with Crippen LogP contribution in [0.25, 0.3) is 0 Å². The summed E-state index contributed by atoms with van der Waals surface area (Å²) < 4.78 is 26.6. The largest absolute Gasteiger partial charge is 0.339 e. The van der Waals surface area contributed by atoms with Crippen molar-refractivity contribution in [3.63, 3.8) is 0 Å². The van der Waals surface area contributed by atoms with E-state index in [9.17, 15) is 18.0 Å². The van der Waals surface area contributed by atoms with Gasteiger partial charge in [-0.3, -0.25) is 9.59 Å². The summed E-state index contributed by atoms with van der Waals surface area (Å²) in [5, 5.41) is 2.70. The highest BCUT2D eigenvalue weighted by atomic mass is 32.2. The van der Waals surface area contributed by atoms with Crippen LogP contribution < -0.4 is 10.0 Å². The molecule has 3 rings (SSSR count). The minimum Gasteiger partial charge on any atom is -0.339 e. The van der Waals surface area contributed by atoms with Crippen LogP contribution in [0.3, 0.4) is 0 Å². The first-order chi connectivity index (χ1) is 13.9. The van der Waals surface area contributed by atoms with E-state index in [1.807, 2.05) is 4.90 Å². The molecule has 29 heavy (non-hydrogen) atoms. The highest BCUT2D eigenvalue weighted by Crippen LogP contribution is 2.17. The lowest BCUT2D eigenvalue weighted by Crippen LogP contribution is -2.27. The van der Waals surface area contributed by atoms with Gasteiger partial charge in [-0.05, 0) is 55.3 Å². The van der Waals surface area contributed by atoms with E-state index in [0.717, 1.165) is 25.9 Å². The van der Waals surface area contributed by atoms with Crippen LogP contribution in [0.15, 0.2) is 53.4 Å². The van der Waals surface area contributed by atoms with Gasteiger partial charge in [0, 0.05) is 29.9 Å². The van der Waals surface area contributed by atoms with E-state index in [-0.39, 0.29) is 22.9 Å². The molecule has 0 spiro atoms. The Morgan fingerprint density at radius 3 is 2.38 bits per heavy atom. The maximum Gasteiger partial charge on any atom is 0.255 e. The number of hydrogen-bond acceptors (Lipinski definition) is 4. The van der Waals surface area contributed by atoms with Crippen LogP contribution >= 0.6 is 0 Å². The number of hydrogen-bond donors (Lipinski definition) is 2. The van der Waals surface area contributed by atoms with Gasteiger partial charge in [0.25, 0.3) is 11.8 Å². The molecule has 1 aliphatic rings. The highest BCUT2D eigenvalue weighted by molar-refractivity contribution is 7.89. The normalized spacial score (nSPS) is 13.7. The van der Waals surface area contributed by atoms with Gasteiger partial charge in [-0.25, -0.2) is 8.42 Å². The van der Waals surface area contributed by atoms with Crippen LogP contribution in [0.4, 0.5) is 5.69 Å². The second kappa shape index (κ2) is 8.90. The molecule has 0 unspecified atom stereocenters. The Balaban J connectivity index is 1.69. The molecule has 150 valence electrons. The zero-order valence-corrected chi connectivity index (χ0v) is 16.5. The van der Waals surface area contributed by atoms with Gasteiger partial charge in [0.2, 0.25) is 10.0 Å². The molecule has 2 aromatic rings. The Bertz CT molecular complexity index is 1050. The van der Waals surface area contributed by atoms with Crippen LogP contribution in [0.1, 0.15) is 33.6 Å². The van der Waals surface area contributed by atoms with Gasteiger partial charge in [-0.15, -0.1) is 6.42 Å². The number of anilines is 1. The minimum atomic E-state index is -3.79. The number of sulfonamides is 1. The Kier molecular flexibility index (Phi) is 6.32. The molecule has 8 heteroatoms. The number of rotatable bonds is 6. The fourth-order valence-electron chi connectivity index (χ4n) is 3.03. The number of nitrogens with one attached hydrogen (secondary N) is 2. The third-order valence-corrected chi connectivity index (χ3v) is 5.95. The van der Waals surface area contributed by atoms with E-state index in [4.69, 9.17) is 6.42 Å². The van der Waals surface area contributed by atoms with Crippen LogP contribution in [0, 0.1) is 12.3 Å². The first-order valence-electron chi connectivity index (χ1n) is 9.14. The molecule has 0 bridgehead atoms. The SMILES string of the molecule is C#CCNS(=O)(=O)c1cccc(C(=O)Nc2ccc(C(=O)N3CCCC3)cc2)c1. The van der Waals surface area contributed by atoms with E-state index in [1.165, 1.54) is 24.3 Å². The Hall–Kier alpha value is -3.15. The second-order valence-electron chi connectivity index (χ2n) is 6.59. The van der Waals surface area contributed by atoms with Gasteiger partial charge < -0.3 is 10.2 Å². The summed E-state index contributed by atoms with van der Waals surface area (Å²) in [6.07, 6.45) is 7.12. The molecule has 1 saturated heterocycles. The molecule has 0 saturated carbocycles. The number of benzene rings is 2. The van der Waals surface area contributed by atoms with E-state index < -0.39 is 15.9 Å². The predicted octanol–water partition coefficient (Wildman–Crippen LogP) is 2.09. The molecular weight excluding hydrogens is 390 g/mol. The number of carbonyl (C=O) groups is 2. The van der Waals surface area contributed by atoms with Gasteiger partial charge in [0.1, 0.15) is 0 Å². The van der Waals surface area contributed by atoms with Crippen LogP contribution in [0.5, 0.6) is 0 Å². The first-order valence-corrected chi connectivity index (χ1v) is 10.6. The van der Waals surface area contributed by atoms with Crippen molar-refractivity contribution in [2.75, 3.05) is 25.0 Å². The third kappa shape index (κ3) is 5.02. The molecule has 1 fully saturated rings. The number of terminal acetylenes is 1. The maximum absolute atomic E-state index is 12.5. The van der Waals surface area contributed by atoms with Crippen molar-refractivity contribution in [1.82, 2.24) is 9.62 Å². The average molecular weight is 411 g/mol. The maximum atomic E-state index is 12.5. The number of likely N-dealkylation sites (tertiary alicyclic amines) is 1. The lowest BCUT2D eigenvalue weighted by Gasteiger charge is -2.15. The molecule has 0 atom stereocenters. The lowest BCUT2D eigenvalue weighted by molar-refractivity contribution is 0.0792. The predicted molar refractivity (Wildman–Crippen MR) is 110 cm³/mol. The molecule has 1 aliphatic heterocycles. The average Bonchev–Trinajstić information content (AvgIpc) is 3.27. The quantitative estimate of drug-likeness (QED) is 0.712. The van der Waals surface area contributed by atoms with Crippen molar-refractivity contribution < 1.29 is 18.0 Å². The minimum absolute atomic E-state index is 0.0160. The molecule has 0 aromatic heterocycles. The zero-order valence-electron chi connectivity index (χ0n) is 15.7. The zero-order chi connectivity index (χ0) is 20.9. The highest BCUT2D eigenvalue weighted by Gasteiger charge is 2.19. The lowest BCUT2D eigenvalue weighted by atomic mass is 10.1. The third-order valence-electron chi connectivity index (χ3n) is 4.55. The molecular formula is C21H21N3O4S. The van der Waals surface area contributed by atoms with Crippen LogP contribution in [0.2, 0.25) is 0 Å². The number of nitrogens with zero attached hydrogens (tertiary/aromatic N) is 1. The standard InChI is InChI=1S/C21H21N3O4S/c1-2-12-22-29(27,28)19-7-5-6-17(15-19)20(25)23-18-10-8-16(9-11-18)21(26)24-13-3-4-14-24/h1,5-11,15,22H,3-4,12-14H2,(H,23,25). The van der Waals surface area contributed by atoms with Gasteiger partial charge in [0.05, 0.1) is 11.4 Å². The van der Waals surface area contributed by atoms with Gasteiger partial charge in [-0.1, -0.05) is 12.0 Å². The summed E-state index contributed by atoms with van der Waals surface area (Å²) in [5.74, 6) is 1.72. The second-order valence-corrected chi connectivity index (χ2v) is 8.35. The van der Waals surface area contributed by atoms with E-state index in [1.54, 1.807) is 24.3 Å². The molecule has 0 aliphatic carbocycles. The van der Waals surface area contributed by atoms with Crippen molar-refractivity contribution in [3.05, 3.63) is 59.7 Å². The summed E-state index contributed by atoms with van der Waals surface area (Å²) in [4.78, 5) is 26.6. The Morgan fingerprint density at radius 2 is 1.72 bits per heavy atom. The van der Waals surface area contributed by atoms with E-state index in [2.05, 4.69) is 16.0 Å². The van der Waals surface area contributed by atoms with Crippen molar-refractivity contribution in [1.29, 1.82) is 0 Å². The Morgan fingerprint density at radius 1 is 1.03 bits per heavy atom. The number of carbonyl (C=O) groups excluding carboxylic acids is 2. The monoisotopic (exact) mass is 411 g/mol. The fraction of sp³-hybridized carbons (Fsp3) is 0.238. The molecule has 7 nitrogen and oxygen atoms in total. The smallest absolute Gasteiger partial charge is 0.255 e. The molecule has 2 aromatic carbocycles. The molecule has 2 amide bonds. The van der Waals surface area contributed by atoms with Gasteiger partial charge in [0.15, 0.2) is 0 Å². The Labute approximate surface area is 170 Å². The van der Waals surface area contributed by atoms with E-state index >= 15 is 0 Å². The molecule has 1 heterocycles. The first kappa shape index (κ1) is 20.6. The molecule has 2 N–H and O–H groups in total. The van der Waals surface area contributed by atoms with Crippen LogP contribution in [-0.2, 0) is 10.0 Å². The van der Waals surface area contributed by atoms with Crippen molar-refractivity contribution >= 4 is 27.5 Å². The topological polar surface area (TPSA) is 95.6 Å². The fourth-order valence-corrected chi connectivity index (χ4v) is 4.01. The summed E-state index contributed by atoms with van der Waals surface area (Å²) in [5.41, 5.74) is 1.26. The van der Waals surface area contributed by atoms with Crippen molar-refractivity contribution in [3.8, 4) is 12.3 Å². The summed E-state index contributed by atoms with van der Waals surface area (Å²) in [6.45, 7) is 1.40.